The van der Waals surface area contributed by atoms with E-state index in [0.29, 0.717) is 0 Å². The minimum Gasteiger partial charge on any atom is -0.398 e. The van der Waals surface area contributed by atoms with Crippen molar-refractivity contribution in [1.82, 2.24) is 0 Å². The van der Waals surface area contributed by atoms with Crippen LogP contribution in [0.4, 0.5) is 5.69 Å². The molecule has 3 heteroatoms. The van der Waals surface area contributed by atoms with E-state index >= 15 is 0 Å². The summed E-state index contributed by atoms with van der Waals surface area (Å²) in [6.45, 7) is 1.94. The maximum Gasteiger partial charge on any atom is 0.0366 e. The minimum atomic E-state index is 0.748. The zero-order valence-electron chi connectivity index (χ0n) is 5.63. The number of hydrogen-bond donors (Lipinski definition) is 3. The van der Waals surface area contributed by atoms with Gasteiger partial charge in [-0.25, -0.2) is 0 Å². The predicted octanol–water partition coefficient (Wildman–Crippen LogP) is 2.15. The first-order chi connectivity index (χ1) is 4.61. The molecule has 0 heterocycles. The standard InChI is InChI=1S/C7H9NS2/c1-4-6(8)2-5(9)3-7(4)10/h2-3,9-10H,8H2,1H3. The number of nitrogens with two attached hydrogens (primary N) is 1. The molecule has 0 saturated heterocycles. The van der Waals surface area contributed by atoms with Crippen LogP contribution in [0.3, 0.4) is 0 Å². The molecule has 1 nitrogen and oxygen atoms in total. The lowest BCUT2D eigenvalue weighted by Gasteiger charge is -2.03. The highest BCUT2D eigenvalue weighted by atomic mass is 32.1. The van der Waals surface area contributed by atoms with Crippen molar-refractivity contribution in [2.75, 3.05) is 5.73 Å². The average molecular weight is 171 g/mol. The van der Waals surface area contributed by atoms with Crippen molar-refractivity contribution in [2.45, 2.75) is 16.7 Å². The summed E-state index contributed by atoms with van der Waals surface area (Å²) in [5.41, 5.74) is 7.39. The Morgan fingerprint density at radius 2 is 1.90 bits per heavy atom. The van der Waals surface area contributed by atoms with Crippen LogP contribution in [0.5, 0.6) is 0 Å². The van der Waals surface area contributed by atoms with Gasteiger partial charge < -0.3 is 5.73 Å². The van der Waals surface area contributed by atoms with E-state index in [0.717, 1.165) is 21.0 Å². The summed E-state index contributed by atoms with van der Waals surface area (Å²) in [7, 11) is 0. The Labute approximate surface area is 71.4 Å². The van der Waals surface area contributed by atoms with Crippen molar-refractivity contribution in [3.8, 4) is 0 Å². The maximum absolute atomic E-state index is 5.62. The molecule has 0 aliphatic carbocycles. The monoisotopic (exact) mass is 171 g/mol. The first-order valence-corrected chi connectivity index (χ1v) is 3.79. The summed E-state index contributed by atoms with van der Waals surface area (Å²) >= 11 is 8.35. The predicted molar refractivity (Wildman–Crippen MR) is 50.1 cm³/mol. The molecule has 0 saturated carbocycles. The van der Waals surface area contributed by atoms with Crippen molar-refractivity contribution in [3.63, 3.8) is 0 Å². The van der Waals surface area contributed by atoms with Crippen LogP contribution in [-0.4, -0.2) is 0 Å². The molecule has 0 bridgehead atoms. The van der Waals surface area contributed by atoms with Crippen LogP contribution in [0.1, 0.15) is 5.56 Å². The second-order valence-corrected chi connectivity index (χ2v) is 3.18. The van der Waals surface area contributed by atoms with Gasteiger partial charge in [0.25, 0.3) is 0 Å². The van der Waals surface area contributed by atoms with E-state index in [1.54, 1.807) is 0 Å². The Hall–Kier alpha value is -0.280. The Morgan fingerprint density at radius 1 is 1.30 bits per heavy atom. The summed E-state index contributed by atoms with van der Waals surface area (Å²) < 4.78 is 0. The molecule has 0 spiro atoms. The molecule has 0 fully saturated rings. The van der Waals surface area contributed by atoms with Crippen molar-refractivity contribution < 1.29 is 0 Å². The van der Waals surface area contributed by atoms with Crippen LogP contribution < -0.4 is 5.73 Å². The molecule has 1 aromatic carbocycles. The fraction of sp³-hybridized carbons (Fsp3) is 0.143. The van der Waals surface area contributed by atoms with E-state index in [1.807, 2.05) is 19.1 Å². The average Bonchev–Trinajstić information content (AvgIpc) is 1.82. The first-order valence-electron chi connectivity index (χ1n) is 2.89. The summed E-state index contributed by atoms with van der Waals surface area (Å²) in [4.78, 5) is 1.75. The van der Waals surface area contributed by atoms with E-state index in [2.05, 4.69) is 25.3 Å². The van der Waals surface area contributed by atoms with Crippen molar-refractivity contribution in [3.05, 3.63) is 17.7 Å². The summed E-state index contributed by atoms with van der Waals surface area (Å²) in [5, 5.41) is 0. The molecule has 0 unspecified atom stereocenters. The van der Waals surface area contributed by atoms with Gasteiger partial charge in [0.15, 0.2) is 0 Å². The Bertz CT molecular complexity index is 235. The molecule has 0 amide bonds. The normalized spacial score (nSPS) is 9.90. The molecule has 0 radical (unpaired) electrons. The fourth-order valence-corrected chi connectivity index (χ4v) is 1.34. The highest BCUT2D eigenvalue weighted by Gasteiger charge is 1.98. The summed E-state index contributed by atoms with van der Waals surface area (Å²) in [6.07, 6.45) is 0. The number of nitrogen functional groups attached to an aromatic ring is 1. The van der Waals surface area contributed by atoms with E-state index in [4.69, 9.17) is 5.73 Å². The number of benzene rings is 1. The van der Waals surface area contributed by atoms with Crippen molar-refractivity contribution in [2.24, 2.45) is 0 Å². The largest absolute Gasteiger partial charge is 0.398 e. The third kappa shape index (κ3) is 1.41. The minimum absolute atomic E-state index is 0.748. The molecule has 54 valence electrons. The van der Waals surface area contributed by atoms with Gasteiger partial charge in [0.1, 0.15) is 0 Å². The quantitative estimate of drug-likeness (QED) is 0.405. The van der Waals surface area contributed by atoms with E-state index in [-0.39, 0.29) is 0 Å². The van der Waals surface area contributed by atoms with Crippen LogP contribution in [0.15, 0.2) is 21.9 Å². The van der Waals surface area contributed by atoms with Gasteiger partial charge in [-0.1, -0.05) is 0 Å². The lowest BCUT2D eigenvalue weighted by Crippen LogP contribution is -1.90. The zero-order chi connectivity index (χ0) is 7.72. The highest BCUT2D eigenvalue weighted by Crippen LogP contribution is 2.23. The molecule has 0 aliphatic rings. The summed E-state index contributed by atoms with van der Waals surface area (Å²) in [5.74, 6) is 0. The van der Waals surface area contributed by atoms with Gasteiger partial charge in [0.2, 0.25) is 0 Å². The van der Waals surface area contributed by atoms with Crippen LogP contribution in [0.25, 0.3) is 0 Å². The molecule has 10 heavy (non-hydrogen) atoms. The third-order valence-electron chi connectivity index (χ3n) is 1.41. The van der Waals surface area contributed by atoms with Crippen LogP contribution >= 0.6 is 25.3 Å². The van der Waals surface area contributed by atoms with Gasteiger partial charge in [-0.15, -0.1) is 25.3 Å². The maximum atomic E-state index is 5.62. The highest BCUT2D eigenvalue weighted by molar-refractivity contribution is 7.81. The molecular formula is C7H9NS2. The number of rotatable bonds is 0. The van der Waals surface area contributed by atoms with Gasteiger partial charge in [0.05, 0.1) is 0 Å². The smallest absolute Gasteiger partial charge is 0.0366 e. The number of hydrogen-bond acceptors (Lipinski definition) is 3. The molecule has 1 rings (SSSR count). The molecule has 0 aliphatic heterocycles. The SMILES string of the molecule is Cc1c(N)cc(S)cc1S. The Morgan fingerprint density at radius 3 is 2.40 bits per heavy atom. The summed E-state index contributed by atoms with van der Waals surface area (Å²) in [6, 6.07) is 3.69. The lowest BCUT2D eigenvalue weighted by atomic mass is 10.2. The molecule has 0 aromatic heterocycles. The lowest BCUT2D eigenvalue weighted by molar-refractivity contribution is 1.25. The number of anilines is 1. The van der Waals surface area contributed by atoms with Gasteiger partial charge >= 0.3 is 0 Å². The number of thiol groups is 2. The topological polar surface area (TPSA) is 26.0 Å². The Balaban J connectivity index is 3.31. The van der Waals surface area contributed by atoms with Gasteiger partial charge in [-0.05, 0) is 24.6 Å². The Kier molecular flexibility index (Phi) is 2.16. The zero-order valence-corrected chi connectivity index (χ0v) is 7.42. The van der Waals surface area contributed by atoms with Crippen molar-refractivity contribution in [1.29, 1.82) is 0 Å². The van der Waals surface area contributed by atoms with E-state index in [1.165, 1.54) is 0 Å². The second kappa shape index (κ2) is 2.76. The van der Waals surface area contributed by atoms with E-state index in [9.17, 15) is 0 Å². The molecule has 2 N–H and O–H groups in total. The van der Waals surface area contributed by atoms with Gasteiger partial charge in [0, 0.05) is 15.5 Å². The van der Waals surface area contributed by atoms with E-state index < -0.39 is 0 Å². The van der Waals surface area contributed by atoms with Crippen LogP contribution in [0.2, 0.25) is 0 Å². The molecule has 0 atom stereocenters. The van der Waals surface area contributed by atoms with Gasteiger partial charge in [-0.3, -0.25) is 0 Å². The first kappa shape index (κ1) is 7.82. The fourth-order valence-electron chi connectivity index (χ4n) is 0.705. The van der Waals surface area contributed by atoms with Crippen molar-refractivity contribution >= 4 is 30.9 Å². The molecular weight excluding hydrogens is 162 g/mol. The molecule has 1 aromatic rings. The van der Waals surface area contributed by atoms with Crippen LogP contribution in [0, 0.1) is 6.92 Å². The van der Waals surface area contributed by atoms with Gasteiger partial charge in [-0.2, -0.15) is 0 Å². The second-order valence-electron chi connectivity index (χ2n) is 2.18. The third-order valence-corrected chi connectivity index (χ3v) is 2.13. The van der Waals surface area contributed by atoms with Crippen LogP contribution in [-0.2, 0) is 0 Å².